The second-order valence-corrected chi connectivity index (χ2v) is 7.32. The van der Waals surface area contributed by atoms with Crippen LogP contribution in [0.1, 0.15) is 20.9 Å². The van der Waals surface area contributed by atoms with Crippen molar-refractivity contribution in [2.24, 2.45) is 0 Å². The van der Waals surface area contributed by atoms with Gasteiger partial charge in [0.25, 0.3) is 5.91 Å². The number of aryl methyl sites for hydroxylation is 1. The number of ether oxygens (including phenoxy) is 1. The van der Waals surface area contributed by atoms with E-state index in [4.69, 9.17) is 4.74 Å². The van der Waals surface area contributed by atoms with E-state index in [2.05, 4.69) is 10.4 Å². The molecule has 0 aliphatic rings. The third kappa shape index (κ3) is 4.75. The van der Waals surface area contributed by atoms with Gasteiger partial charge in [0.05, 0.1) is 12.8 Å². The maximum absolute atomic E-state index is 14.0. The first kappa shape index (κ1) is 20.8. The van der Waals surface area contributed by atoms with Gasteiger partial charge >= 0.3 is 0 Å². The van der Waals surface area contributed by atoms with Crippen molar-refractivity contribution in [1.29, 1.82) is 0 Å². The molecule has 9 heteroatoms. The van der Waals surface area contributed by atoms with E-state index in [0.717, 1.165) is 23.5 Å². The van der Waals surface area contributed by atoms with Crippen LogP contribution in [0.3, 0.4) is 0 Å². The molecule has 0 saturated heterocycles. The SMILES string of the molecule is COc1ccc(CN(C)NC(=O)c2sc(-c3ccc(F)cc3F)nc2C)cc1F. The van der Waals surface area contributed by atoms with Crippen LogP contribution in [0.15, 0.2) is 36.4 Å². The van der Waals surface area contributed by atoms with E-state index >= 15 is 0 Å². The van der Waals surface area contributed by atoms with Crippen LogP contribution in [0.25, 0.3) is 10.6 Å². The summed E-state index contributed by atoms with van der Waals surface area (Å²) >= 11 is 1.01. The van der Waals surface area contributed by atoms with Gasteiger partial charge in [-0.25, -0.2) is 23.2 Å². The molecule has 1 N–H and O–H groups in total. The number of rotatable bonds is 6. The molecule has 29 heavy (non-hydrogen) atoms. The number of thiazole rings is 1. The minimum absolute atomic E-state index is 0.126. The molecule has 0 bridgehead atoms. The van der Waals surface area contributed by atoms with Crippen molar-refractivity contribution >= 4 is 17.2 Å². The monoisotopic (exact) mass is 421 g/mol. The number of amides is 1. The Bertz CT molecular complexity index is 1060. The van der Waals surface area contributed by atoms with Gasteiger partial charge in [0.15, 0.2) is 11.6 Å². The number of halogens is 3. The molecular formula is C20H18F3N3O2S. The summed E-state index contributed by atoms with van der Waals surface area (Å²) in [6.45, 7) is 1.89. The Hall–Kier alpha value is -2.91. The second-order valence-electron chi connectivity index (χ2n) is 6.32. The molecule has 3 aromatic rings. The maximum Gasteiger partial charge on any atom is 0.277 e. The van der Waals surface area contributed by atoms with Crippen molar-refractivity contribution in [2.75, 3.05) is 14.2 Å². The predicted octanol–water partition coefficient (Wildman–Crippen LogP) is 4.32. The minimum Gasteiger partial charge on any atom is -0.494 e. The summed E-state index contributed by atoms with van der Waals surface area (Å²) in [5, 5.41) is 1.78. The summed E-state index contributed by atoms with van der Waals surface area (Å²) < 4.78 is 45.8. The molecule has 0 unspecified atom stereocenters. The molecule has 3 rings (SSSR count). The van der Waals surface area contributed by atoms with Gasteiger partial charge in [0.1, 0.15) is 21.5 Å². The number of hydrogen-bond donors (Lipinski definition) is 1. The Balaban J connectivity index is 1.72. The van der Waals surface area contributed by atoms with Crippen LogP contribution in [-0.2, 0) is 6.54 Å². The molecule has 0 atom stereocenters. The molecule has 1 aromatic heterocycles. The van der Waals surface area contributed by atoms with Gasteiger partial charge in [-0.2, -0.15) is 0 Å². The topological polar surface area (TPSA) is 54.5 Å². The zero-order chi connectivity index (χ0) is 21.1. The fourth-order valence-electron chi connectivity index (χ4n) is 2.73. The van der Waals surface area contributed by atoms with Gasteiger partial charge in [-0.15, -0.1) is 11.3 Å². The summed E-state index contributed by atoms with van der Waals surface area (Å²) in [7, 11) is 3.02. The lowest BCUT2D eigenvalue weighted by Crippen LogP contribution is -2.38. The minimum atomic E-state index is -0.746. The molecule has 0 spiro atoms. The summed E-state index contributed by atoms with van der Waals surface area (Å²) in [4.78, 5) is 17.1. The molecule has 1 heterocycles. The van der Waals surface area contributed by atoms with Crippen molar-refractivity contribution in [1.82, 2.24) is 15.4 Å². The fourth-order valence-corrected chi connectivity index (χ4v) is 3.71. The lowest BCUT2D eigenvalue weighted by molar-refractivity contribution is 0.0823. The molecule has 1 amide bonds. The highest BCUT2D eigenvalue weighted by Gasteiger charge is 2.19. The number of methoxy groups -OCH3 is 1. The van der Waals surface area contributed by atoms with Crippen LogP contribution in [0.5, 0.6) is 5.75 Å². The van der Waals surface area contributed by atoms with Crippen molar-refractivity contribution in [3.8, 4) is 16.3 Å². The average Bonchev–Trinajstić information content (AvgIpc) is 3.03. The largest absolute Gasteiger partial charge is 0.494 e. The van der Waals surface area contributed by atoms with Gasteiger partial charge in [-0.1, -0.05) is 6.07 Å². The maximum atomic E-state index is 14.0. The summed E-state index contributed by atoms with van der Waals surface area (Å²) in [6, 6.07) is 7.73. The first-order chi connectivity index (χ1) is 13.8. The van der Waals surface area contributed by atoms with Crippen molar-refractivity contribution < 1.29 is 22.7 Å². The zero-order valence-electron chi connectivity index (χ0n) is 15.9. The quantitative estimate of drug-likeness (QED) is 0.603. The van der Waals surface area contributed by atoms with E-state index in [1.54, 1.807) is 20.0 Å². The van der Waals surface area contributed by atoms with Gasteiger partial charge < -0.3 is 4.74 Å². The Morgan fingerprint density at radius 2 is 1.93 bits per heavy atom. The standard InChI is InChI=1S/C20H18F3N3O2S/c1-11-18(29-20(24-11)14-6-5-13(21)9-15(14)22)19(27)25-26(2)10-12-4-7-17(28-3)16(23)8-12/h4-9H,10H2,1-3H3,(H,25,27). The normalized spacial score (nSPS) is 11.0. The Morgan fingerprint density at radius 1 is 1.17 bits per heavy atom. The summed E-state index contributed by atoms with van der Waals surface area (Å²) in [5.74, 6) is -2.21. The van der Waals surface area contributed by atoms with E-state index in [0.29, 0.717) is 16.1 Å². The molecule has 0 radical (unpaired) electrons. The fraction of sp³-hybridized carbons (Fsp3) is 0.200. The van der Waals surface area contributed by atoms with Crippen LogP contribution in [0, 0.1) is 24.4 Å². The molecule has 0 aliphatic heterocycles. The second kappa shape index (κ2) is 8.62. The summed E-state index contributed by atoms with van der Waals surface area (Å²) in [6.07, 6.45) is 0. The molecule has 152 valence electrons. The lowest BCUT2D eigenvalue weighted by Gasteiger charge is -2.18. The number of nitrogens with one attached hydrogen (secondary N) is 1. The highest BCUT2D eigenvalue weighted by Crippen LogP contribution is 2.30. The highest BCUT2D eigenvalue weighted by atomic mass is 32.1. The van der Waals surface area contributed by atoms with Gasteiger partial charge in [0, 0.05) is 25.2 Å². The molecule has 0 aliphatic carbocycles. The van der Waals surface area contributed by atoms with Crippen LogP contribution in [-0.4, -0.2) is 30.1 Å². The first-order valence-electron chi connectivity index (χ1n) is 8.56. The average molecular weight is 421 g/mol. The molecule has 2 aromatic carbocycles. The van der Waals surface area contributed by atoms with E-state index in [9.17, 15) is 18.0 Å². The summed E-state index contributed by atoms with van der Waals surface area (Å²) in [5.41, 5.74) is 3.87. The van der Waals surface area contributed by atoms with Crippen LogP contribution < -0.4 is 10.2 Å². The van der Waals surface area contributed by atoms with E-state index in [1.807, 2.05) is 0 Å². The van der Waals surface area contributed by atoms with Gasteiger partial charge in [-0.3, -0.25) is 10.2 Å². The Kier molecular flexibility index (Phi) is 6.19. The molecular weight excluding hydrogens is 403 g/mol. The number of benzene rings is 2. The highest BCUT2D eigenvalue weighted by molar-refractivity contribution is 7.17. The Morgan fingerprint density at radius 3 is 2.59 bits per heavy atom. The molecule has 0 saturated carbocycles. The zero-order valence-corrected chi connectivity index (χ0v) is 16.7. The third-order valence-electron chi connectivity index (χ3n) is 4.09. The number of carbonyl (C=O) groups excluding carboxylic acids is 1. The predicted molar refractivity (Wildman–Crippen MR) is 104 cm³/mol. The number of hydrogen-bond acceptors (Lipinski definition) is 5. The third-order valence-corrected chi connectivity index (χ3v) is 5.28. The van der Waals surface area contributed by atoms with E-state index in [-0.39, 0.29) is 22.9 Å². The number of aromatic nitrogens is 1. The van der Waals surface area contributed by atoms with Crippen LogP contribution in [0.2, 0.25) is 0 Å². The van der Waals surface area contributed by atoms with Gasteiger partial charge in [-0.05, 0) is 36.8 Å². The van der Waals surface area contributed by atoms with Crippen molar-refractivity contribution in [3.63, 3.8) is 0 Å². The van der Waals surface area contributed by atoms with Crippen LogP contribution in [0.4, 0.5) is 13.2 Å². The number of hydrazine groups is 1. The van der Waals surface area contributed by atoms with E-state index < -0.39 is 23.4 Å². The Labute approximate surface area is 169 Å². The smallest absolute Gasteiger partial charge is 0.277 e. The molecule has 0 fully saturated rings. The first-order valence-corrected chi connectivity index (χ1v) is 9.37. The van der Waals surface area contributed by atoms with Crippen molar-refractivity contribution in [3.05, 3.63) is 70.0 Å². The number of nitrogens with zero attached hydrogens (tertiary/aromatic N) is 2. The lowest BCUT2D eigenvalue weighted by atomic mass is 10.2. The number of carbonyl (C=O) groups is 1. The molecule has 5 nitrogen and oxygen atoms in total. The van der Waals surface area contributed by atoms with Crippen LogP contribution >= 0.6 is 11.3 Å². The van der Waals surface area contributed by atoms with Gasteiger partial charge in [0.2, 0.25) is 0 Å². The van der Waals surface area contributed by atoms with Crippen molar-refractivity contribution in [2.45, 2.75) is 13.5 Å². The van der Waals surface area contributed by atoms with E-state index in [1.165, 1.54) is 30.3 Å².